The monoisotopic (exact) mass is 592 g/mol. The first kappa shape index (κ1) is 25.2. The molecule has 47 heavy (non-hydrogen) atoms. The molecule has 0 aliphatic heterocycles. The molecule has 8 aromatic carbocycles. The van der Waals surface area contributed by atoms with Gasteiger partial charge in [0.15, 0.2) is 0 Å². The normalized spacial score (nSPS) is 13.7. The van der Waals surface area contributed by atoms with Crippen molar-refractivity contribution in [1.82, 2.24) is 0 Å². The summed E-state index contributed by atoms with van der Waals surface area (Å²) in [5, 5.41) is 2.73. The van der Waals surface area contributed by atoms with E-state index < -0.39 is 0 Å². The van der Waals surface area contributed by atoms with Crippen LogP contribution in [0.4, 0.5) is 0 Å². The van der Waals surface area contributed by atoms with E-state index in [1.165, 1.54) is 99.8 Å². The fourth-order valence-corrected chi connectivity index (χ4v) is 9.27. The fraction of sp³-hybridized carbons (Fsp3) is 0.0213. The van der Waals surface area contributed by atoms with Gasteiger partial charge in [0, 0.05) is 0 Å². The summed E-state index contributed by atoms with van der Waals surface area (Å²) >= 11 is 0. The highest BCUT2D eigenvalue weighted by Gasteiger charge is 2.52. The Morgan fingerprint density at radius 3 is 1.53 bits per heavy atom. The molecule has 3 aliphatic rings. The molecular formula is C47H28. The molecule has 0 N–H and O–H groups in total. The van der Waals surface area contributed by atoms with Crippen LogP contribution in [0.15, 0.2) is 170 Å². The van der Waals surface area contributed by atoms with E-state index in [9.17, 15) is 0 Å². The maximum absolute atomic E-state index is 2.56. The second-order valence-electron chi connectivity index (χ2n) is 13.1. The zero-order valence-electron chi connectivity index (χ0n) is 25.7. The Bertz CT molecular complexity index is 2570. The lowest BCUT2D eigenvalue weighted by molar-refractivity contribution is 0.795. The minimum atomic E-state index is -0.350. The predicted molar refractivity (Wildman–Crippen MR) is 196 cm³/mol. The molecular weight excluding hydrogens is 565 g/mol. The maximum atomic E-state index is 2.56. The molecule has 3 aliphatic carbocycles. The van der Waals surface area contributed by atoms with Gasteiger partial charge in [-0.15, -0.1) is 0 Å². The number of fused-ring (bicyclic) bond motifs is 14. The van der Waals surface area contributed by atoms with Crippen LogP contribution in [0.5, 0.6) is 0 Å². The second-order valence-corrected chi connectivity index (χ2v) is 13.1. The van der Waals surface area contributed by atoms with Gasteiger partial charge in [-0.1, -0.05) is 158 Å². The van der Waals surface area contributed by atoms with E-state index in [0.29, 0.717) is 0 Å². The molecule has 0 aromatic heterocycles. The molecule has 0 heteroatoms. The van der Waals surface area contributed by atoms with Crippen LogP contribution >= 0.6 is 0 Å². The van der Waals surface area contributed by atoms with Gasteiger partial charge in [0.05, 0.1) is 5.41 Å². The molecule has 0 bridgehead atoms. The van der Waals surface area contributed by atoms with Gasteiger partial charge < -0.3 is 0 Å². The highest BCUT2D eigenvalue weighted by Crippen LogP contribution is 2.65. The third kappa shape index (κ3) is 3.08. The first-order chi connectivity index (χ1) is 23.3. The summed E-state index contributed by atoms with van der Waals surface area (Å²) < 4.78 is 0. The standard InChI is InChI=1S/C47H28/c1-2-13-29(14-3-1)31-15-4-5-16-32(31)30-25-26-33-39(27-30)36-20-12-21-38-45(36)40(33)28-44-46(38)37-19-8-11-24-43(37)47(44)41-22-9-6-17-34(41)35-18-7-10-23-42(35)47/h1-28H. The van der Waals surface area contributed by atoms with Crippen LogP contribution in [0, 0.1) is 0 Å². The molecule has 0 amide bonds. The lowest BCUT2D eigenvalue weighted by atomic mass is 9.70. The van der Waals surface area contributed by atoms with E-state index in [1.54, 1.807) is 0 Å². The van der Waals surface area contributed by atoms with Crippen LogP contribution in [0.3, 0.4) is 0 Å². The highest BCUT2D eigenvalue weighted by atomic mass is 14.5. The molecule has 0 radical (unpaired) electrons. The number of rotatable bonds is 2. The molecule has 11 rings (SSSR count). The van der Waals surface area contributed by atoms with Gasteiger partial charge >= 0.3 is 0 Å². The summed E-state index contributed by atoms with van der Waals surface area (Å²) in [7, 11) is 0. The third-order valence-corrected chi connectivity index (χ3v) is 11.0. The highest BCUT2D eigenvalue weighted by molar-refractivity contribution is 6.21. The number of hydrogen-bond donors (Lipinski definition) is 0. The summed E-state index contributed by atoms with van der Waals surface area (Å²) in [5.41, 5.74) is 21.0. The molecule has 0 unspecified atom stereocenters. The van der Waals surface area contributed by atoms with Gasteiger partial charge in [-0.05, 0) is 112 Å². The van der Waals surface area contributed by atoms with Crippen molar-refractivity contribution in [1.29, 1.82) is 0 Å². The summed E-state index contributed by atoms with van der Waals surface area (Å²) in [6.07, 6.45) is 0. The molecule has 0 heterocycles. The van der Waals surface area contributed by atoms with Crippen LogP contribution in [0.2, 0.25) is 0 Å². The second kappa shape index (κ2) is 9.06. The van der Waals surface area contributed by atoms with E-state index in [0.717, 1.165) is 0 Å². The summed E-state index contributed by atoms with van der Waals surface area (Å²) in [5.74, 6) is 0. The summed E-state index contributed by atoms with van der Waals surface area (Å²) in [6.45, 7) is 0. The van der Waals surface area contributed by atoms with Crippen molar-refractivity contribution < 1.29 is 0 Å². The van der Waals surface area contributed by atoms with E-state index >= 15 is 0 Å². The van der Waals surface area contributed by atoms with E-state index in [4.69, 9.17) is 0 Å². The first-order valence-corrected chi connectivity index (χ1v) is 16.5. The number of hydrogen-bond acceptors (Lipinski definition) is 0. The number of benzene rings is 8. The Labute approximate surface area is 274 Å². The van der Waals surface area contributed by atoms with Crippen molar-refractivity contribution in [2.24, 2.45) is 0 Å². The van der Waals surface area contributed by atoms with E-state index in [2.05, 4.69) is 170 Å². The van der Waals surface area contributed by atoms with Crippen molar-refractivity contribution in [3.8, 4) is 66.8 Å². The maximum Gasteiger partial charge on any atom is 0.0725 e. The molecule has 1 spiro atoms. The van der Waals surface area contributed by atoms with E-state index in [-0.39, 0.29) is 5.41 Å². The molecule has 0 atom stereocenters. The van der Waals surface area contributed by atoms with Gasteiger partial charge in [0.25, 0.3) is 0 Å². The van der Waals surface area contributed by atoms with Gasteiger partial charge in [-0.3, -0.25) is 0 Å². The van der Waals surface area contributed by atoms with Gasteiger partial charge in [-0.2, -0.15) is 0 Å². The Morgan fingerprint density at radius 2 is 0.830 bits per heavy atom. The van der Waals surface area contributed by atoms with Crippen molar-refractivity contribution in [2.45, 2.75) is 5.41 Å². The SMILES string of the molecule is c1ccc(-c2ccccc2-c2ccc3c(c2)-c2cccc4c5c(cc-3c24)C2(c3ccccc3-c3ccccc32)c2ccccc2-5)cc1. The van der Waals surface area contributed by atoms with E-state index in [1.807, 2.05) is 0 Å². The fourth-order valence-electron chi connectivity index (χ4n) is 9.27. The predicted octanol–water partition coefficient (Wildman–Crippen LogP) is 12.2. The first-order valence-electron chi connectivity index (χ1n) is 16.5. The van der Waals surface area contributed by atoms with Crippen molar-refractivity contribution in [3.05, 3.63) is 192 Å². The molecule has 8 aromatic rings. The molecule has 0 saturated heterocycles. The average molecular weight is 593 g/mol. The molecule has 0 nitrogen and oxygen atoms in total. The van der Waals surface area contributed by atoms with Gasteiger partial charge in [-0.25, -0.2) is 0 Å². The smallest absolute Gasteiger partial charge is 0.0622 e. The summed E-state index contributed by atoms with van der Waals surface area (Å²) in [6, 6.07) is 63.5. The van der Waals surface area contributed by atoms with Crippen LogP contribution in [-0.2, 0) is 5.41 Å². The summed E-state index contributed by atoms with van der Waals surface area (Å²) in [4.78, 5) is 0. The largest absolute Gasteiger partial charge is 0.0725 e. The van der Waals surface area contributed by atoms with Gasteiger partial charge in [0.1, 0.15) is 0 Å². The van der Waals surface area contributed by atoms with Crippen LogP contribution in [-0.4, -0.2) is 0 Å². The van der Waals surface area contributed by atoms with Crippen LogP contribution in [0.1, 0.15) is 22.3 Å². The average Bonchev–Trinajstić information content (AvgIpc) is 3.74. The Kier molecular flexibility index (Phi) is 4.86. The van der Waals surface area contributed by atoms with Crippen molar-refractivity contribution in [3.63, 3.8) is 0 Å². The van der Waals surface area contributed by atoms with Crippen molar-refractivity contribution in [2.75, 3.05) is 0 Å². The van der Waals surface area contributed by atoms with Crippen LogP contribution < -0.4 is 0 Å². The minimum absolute atomic E-state index is 0.350. The zero-order valence-corrected chi connectivity index (χ0v) is 25.7. The lowest BCUT2D eigenvalue weighted by Gasteiger charge is -2.30. The molecule has 0 saturated carbocycles. The topological polar surface area (TPSA) is 0 Å². The Morgan fingerprint density at radius 1 is 0.277 bits per heavy atom. The molecule has 216 valence electrons. The molecule has 0 fully saturated rings. The zero-order chi connectivity index (χ0) is 30.7. The van der Waals surface area contributed by atoms with Crippen molar-refractivity contribution >= 4 is 10.8 Å². The lowest BCUT2D eigenvalue weighted by Crippen LogP contribution is -2.25. The minimum Gasteiger partial charge on any atom is -0.0622 e. The van der Waals surface area contributed by atoms with Crippen LogP contribution in [0.25, 0.3) is 77.5 Å². The third-order valence-electron chi connectivity index (χ3n) is 11.0. The Balaban J connectivity index is 1.21. The Hall–Kier alpha value is -5.98. The quantitative estimate of drug-likeness (QED) is 0.187. The van der Waals surface area contributed by atoms with Gasteiger partial charge in [0.2, 0.25) is 0 Å².